The Labute approximate surface area is 120 Å². The highest BCUT2D eigenvalue weighted by Crippen LogP contribution is 2.26. The number of anilines is 2. The fourth-order valence-corrected chi connectivity index (χ4v) is 2.33. The van der Waals surface area contributed by atoms with Gasteiger partial charge in [0, 0.05) is 13.1 Å². The molecule has 5 nitrogen and oxygen atoms in total. The Balaban J connectivity index is 2.09. The van der Waals surface area contributed by atoms with Crippen molar-refractivity contribution in [2.45, 2.75) is 25.8 Å². The number of hydrogen-bond acceptors (Lipinski definition) is 4. The van der Waals surface area contributed by atoms with Crippen molar-refractivity contribution in [1.82, 2.24) is 0 Å². The average Bonchev–Trinajstić information content (AvgIpc) is 2.49. The Bertz CT molecular complexity index is 444. The van der Waals surface area contributed by atoms with Crippen molar-refractivity contribution in [1.29, 1.82) is 0 Å². The summed E-state index contributed by atoms with van der Waals surface area (Å²) in [5.41, 5.74) is 7.72. The zero-order valence-corrected chi connectivity index (χ0v) is 12.0. The summed E-state index contributed by atoms with van der Waals surface area (Å²) in [4.78, 5) is 14.3. The number of benzene rings is 1. The number of ether oxygens (including phenoxy) is 1. The number of hydrogen-bond donors (Lipinski definition) is 2. The maximum Gasteiger partial charge on any atom is 0.241 e. The molecule has 5 heteroatoms. The molecule has 1 atom stereocenters. The minimum Gasteiger partial charge on any atom is -0.378 e. The van der Waals surface area contributed by atoms with Crippen LogP contribution in [0.3, 0.4) is 0 Å². The monoisotopic (exact) mass is 277 g/mol. The first-order chi connectivity index (χ1) is 9.72. The maximum absolute atomic E-state index is 12.1. The minimum absolute atomic E-state index is 0.118. The van der Waals surface area contributed by atoms with Gasteiger partial charge in [-0.1, -0.05) is 25.5 Å². The fraction of sp³-hybridized carbons (Fsp3) is 0.533. The molecule has 1 aliphatic heterocycles. The van der Waals surface area contributed by atoms with E-state index in [4.69, 9.17) is 10.5 Å². The molecule has 20 heavy (non-hydrogen) atoms. The summed E-state index contributed by atoms with van der Waals surface area (Å²) < 4.78 is 5.36. The molecule has 0 aliphatic carbocycles. The lowest BCUT2D eigenvalue weighted by Gasteiger charge is -2.30. The first kappa shape index (κ1) is 14.8. The summed E-state index contributed by atoms with van der Waals surface area (Å²) in [7, 11) is 0. The highest BCUT2D eigenvalue weighted by molar-refractivity contribution is 5.97. The predicted octanol–water partition coefficient (Wildman–Crippen LogP) is 1.59. The highest BCUT2D eigenvalue weighted by atomic mass is 16.5. The van der Waals surface area contributed by atoms with Crippen molar-refractivity contribution in [3.63, 3.8) is 0 Å². The summed E-state index contributed by atoms with van der Waals surface area (Å²) >= 11 is 0. The molecule has 1 aliphatic rings. The van der Waals surface area contributed by atoms with E-state index in [1.54, 1.807) is 0 Å². The van der Waals surface area contributed by atoms with Gasteiger partial charge in [0.25, 0.3) is 0 Å². The van der Waals surface area contributed by atoms with Crippen LogP contribution in [0.1, 0.15) is 19.8 Å². The molecule has 0 saturated carbocycles. The van der Waals surface area contributed by atoms with Crippen molar-refractivity contribution in [2.24, 2.45) is 5.73 Å². The summed E-state index contributed by atoms with van der Waals surface area (Å²) in [5, 5.41) is 2.95. The van der Waals surface area contributed by atoms with Crippen molar-refractivity contribution >= 4 is 17.3 Å². The van der Waals surface area contributed by atoms with E-state index in [1.165, 1.54) is 0 Å². The van der Waals surface area contributed by atoms with Crippen LogP contribution in [-0.2, 0) is 9.53 Å². The second-order valence-electron chi connectivity index (χ2n) is 5.00. The molecular formula is C15H23N3O2. The van der Waals surface area contributed by atoms with Crippen LogP contribution in [0, 0.1) is 0 Å². The van der Waals surface area contributed by atoms with Gasteiger partial charge in [0.2, 0.25) is 5.91 Å². The fourth-order valence-electron chi connectivity index (χ4n) is 2.33. The van der Waals surface area contributed by atoms with E-state index >= 15 is 0 Å². The minimum atomic E-state index is -0.447. The first-order valence-electron chi connectivity index (χ1n) is 7.20. The quantitative estimate of drug-likeness (QED) is 0.857. The number of para-hydroxylation sites is 2. The van der Waals surface area contributed by atoms with Crippen molar-refractivity contribution in [3.05, 3.63) is 24.3 Å². The van der Waals surface area contributed by atoms with Gasteiger partial charge in [0.15, 0.2) is 0 Å². The van der Waals surface area contributed by atoms with Crippen LogP contribution in [0.4, 0.5) is 11.4 Å². The molecule has 3 N–H and O–H groups in total. The lowest BCUT2D eigenvalue weighted by Crippen LogP contribution is -2.38. The van der Waals surface area contributed by atoms with Gasteiger partial charge in [0.05, 0.1) is 30.6 Å². The van der Waals surface area contributed by atoms with Crippen LogP contribution in [0.2, 0.25) is 0 Å². The molecule has 1 heterocycles. The molecule has 2 rings (SSSR count). The molecule has 1 aromatic carbocycles. The Hall–Kier alpha value is -1.59. The van der Waals surface area contributed by atoms with E-state index in [9.17, 15) is 4.79 Å². The molecule has 0 spiro atoms. The lowest BCUT2D eigenvalue weighted by atomic mass is 10.1. The molecule has 1 saturated heterocycles. The molecule has 1 amide bonds. The topological polar surface area (TPSA) is 67.6 Å². The van der Waals surface area contributed by atoms with Crippen LogP contribution in [0.15, 0.2) is 24.3 Å². The number of rotatable bonds is 5. The summed E-state index contributed by atoms with van der Waals surface area (Å²) in [5.74, 6) is -0.118. The number of carbonyl (C=O) groups excluding carboxylic acids is 1. The smallest absolute Gasteiger partial charge is 0.241 e. The molecule has 110 valence electrons. The van der Waals surface area contributed by atoms with Crippen LogP contribution in [0.25, 0.3) is 0 Å². The summed E-state index contributed by atoms with van der Waals surface area (Å²) in [6, 6.07) is 7.39. The third-order valence-corrected chi connectivity index (χ3v) is 3.45. The number of nitrogens with one attached hydrogen (secondary N) is 1. The standard InChI is InChI=1S/C15H23N3O2/c1-2-5-12(16)15(19)17-13-6-3-4-7-14(13)18-8-10-20-11-9-18/h3-4,6-7,12H,2,5,8-11,16H2,1H3,(H,17,19)/t12-/m1/s1. The number of nitrogens with two attached hydrogens (primary N) is 1. The zero-order chi connectivity index (χ0) is 14.4. The van der Waals surface area contributed by atoms with Gasteiger partial charge in [-0.05, 0) is 18.6 Å². The van der Waals surface area contributed by atoms with Gasteiger partial charge in [-0.2, -0.15) is 0 Å². The van der Waals surface area contributed by atoms with Crippen LogP contribution < -0.4 is 16.0 Å². The van der Waals surface area contributed by atoms with Crippen LogP contribution in [-0.4, -0.2) is 38.3 Å². The SMILES string of the molecule is CCC[C@@H](N)C(=O)Nc1ccccc1N1CCOCC1. The number of amides is 1. The van der Waals surface area contributed by atoms with E-state index in [1.807, 2.05) is 31.2 Å². The Morgan fingerprint density at radius 1 is 1.40 bits per heavy atom. The van der Waals surface area contributed by atoms with Crippen molar-refractivity contribution in [2.75, 3.05) is 36.5 Å². The summed E-state index contributed by atoms with van der Waals surface area (Å²) in [6.07, 6.45) is 1.60. The Morgan fingerprint density at radius 2 is 2.10 bits per heavy atom. The van der Waals surface area contributed by atoms with E-state index in [0.29, 0.717) is 6.42 Å². The van der Waals surface area contributed by atoms with Gasteiger partial charge >= 0.3 is 0 Å². The maximum atomic E-state index is 12.1. The van der Waals surface area contributed by atoms with E-state index in [0.717, 1.165) is 44.1 Å². The Morgan fingerprint density at radius 3 is 2.80 bits per heavy atom. The van der Waals surface area contributed by atoms with E-state index in [-0.39, 0.29) is 5.91 Å². The molecule has 0 radical (unpaired) electrons. The van der Waals surface area contributed by atoms with Crippen LogP contribution in [0.5, 0.6) is 0 Å². The highest BCUT2D eigenvalue weighted by Gasteiger charge is 2.18. The van der Waals surface area contributed by atoms with Gasteiger partial charge in [-0.15, -0.1) is 0 Å². The average molecular weight is 277 g/mol. The molecule has 0 unspecified atom stereocenters. The largest absolute Gasteiger partial charge is 0.378 e. The van der Waals surface area contributed by atoms with Gasteiger partial charge in [-0.25, -0.2) is 0 Å². The molecule has 1 fully saturated rings. The molecule has 1 aromatic rings. The second kappa shape index (κ2) is 7.26. The molecular weight excluding hydrogens is 254 g/mol. The van der Waals surface area contributed by atoms with Gasteiger partial charge in [0.1, 0.15) is 0 Å². The van der Waals surface area contributed by atoms with Gasteiger partial charge in [-0.3, -0.25) is 4.79 Å². The number of nitrogens with zero attached hydrogens (tertiary/aromatic N) is 1. The predicted molar refractivity (Wildman–Crippen MR) is 81.0 cm³/mol. The number of carbonyl (C=O) groups is 1. The van der Waals surface area contributed by atoms with Crippen molar-refractivity contribution < 1.29 is 9.53 Å². The lowest BCUT2D eigenvalue weighted by molar-refractivity contribution is -0.117. The normalized spacial score (nSPS) is 16.8. The molecule has 0 bridgehead atoms. The third-order valence-electron chi connectivity index (χ3n) is 3.45. The van der Waals surface area contributed by atoms with Crippen LogP contribution >= 0.6 is 0 Å². The summed E-state index contributed by atoms with van der Waals surface area (Å²) in [6.45, 7) is 5.14. The van der Waals surface area contributed by atoms with Gasteiger partial charge < -0.3 is 20.7 Å². The zero-order valence-electron chi connectivity index (χ0n) is 12.0. The molecule has 0 aromatic heterocycles. The third kappa shape index (κ3) is 3.71. The van der Waals surface area contributed by atoms with E-state index in [2.05, 4.69) is 10.2 Å². The van der Waals surface area contributed by atoms with Crippen molar-refractivity contribution in [3.8, 4) is 0 Å². The number of morpholine rings is 1. The second-order valence-corrected chi connectivity index (χ2v) is 5.00. The first-order valence-corrected chi connectivity index (χ1v) is 7.20. The Kier molecular flexibility index (Phi) is 5.38. The van der Waals surface area contributed by atoms with E-state index < -0.39 is 6.04 Å².